The second-order valence-corrected chi connectivity index (χ2v) is 8.10. The van der Waals surface area contributed by atoms with Crippen LogP contribution in [0.5, 0.6) is 0 Å². The Morgan fingerprint density at radius 2 is 1.92 bits per heavy atom. The number of nitrogens with zero attached hydrogens (tertiary/aromatic N) is 2. The summed E-state index contributed by atoms with van der Waals surface area (Å²) in [4.78, 5) is 2.55. The van der Waals surface area contributed by atoms with Crippen LogP contribution in [0.3, 0.4) is 0 Å². The van der Waals surface area contributed by atoms with E-state index < -0.39 is 0 Å². The summed E-state index contributed by atoms with van der Waals surface area (Å²) in [5.74, 6) is -0.174. The lowest BCUT2D eigenvalue weighted by Crippen LogP contribution is -2.34. The summed E-state index contributed by atoms with van der Waals surface area (Å²) in [6, 6.07) is 14.3. The molecule has 3 aromatic rings. The average molecular weight is 369 g/mol. The third kappa shape index (κ3) is 2.49. The first-order chi connectivity index (χ1) is 12.6. The van der Waals surface area contributed by atoms with Gasteiger partial charge in [-0.05, 0) is 67.8 Å². The Morgan fingerprint density at radius 1 is 1.12 bits per heavy atom. The third-order valence-corrected chi connectivity index (χ3v) is 6.55. The molecule has 4 heteroatoms. The van der Waals surface area contributed by atoms with Crippen molar-refractivity contribution in [3.63, 3.8) is 0 Å². The first-order valence-corrected chi connectivity index (χ1v) is 9.76. The van der Waals surface area contributed by atoms with Crippen molar-refractivity contribution in [2.45, 2.75) is 44.3 Å². The Labute approximate surface area is 158 Å². The summed E-state index contributed by atoms with van der Waals surface area (Å²) in [5.41, 5.74) is 5.42. The smallest absolute Gasteiger partial charge is 0.123 e. The van der Waals surface area contributed by atoms with Crippen LogP contribution in [-0.4, -0.2) is 22.6 Å². The van der Waals surface area contributed by atoms with Crippen LogP contribution in [0.15, 0.2) is 42.5 Å². The number of fused-ring (bicyclic) bond motifs is 6. The van der Waals surface area contributed by atoms with E-state index in [1.54, 1.807) is 12.1 Å². The van der Waals surface area contributed by atoms with Gasteiger partial charge >= 0.3 is 0 Å². The molecule has 0 aliphatic carbocycles. The quantitative estimate of drug-likeness (QED) is 0.603. The Kier molecular flexibility index (Phi) is 3.84. The maximum atomic E-state index is 13.2. The molecule has 1 fully saturated rings. The lowest BCUT2D eigenvalue weighted by molar-refractivity contribution is 0.222. The summed E-state index contributed by atoms with van der Waals surface area (Å²) < 4.78 is 15.7. The summed E-state index contributed by atoms with van der Waals surface area (Å²) in [5, 5.41) is 2.11. The molecule has 0 amide bonds. The predicted molar refractivity (Wildman–Crippen MR) is 104 cm³/mol. The van der Waals surface area contributed by atoms with Crippen molar-refractivity contribution in [3.8, 4) is 0 Å². The largest absolute Gasteiger partial charge is 0.344 e. The van der Waals surface area contributed by atoms with Crippen molar-refractivity contribution in [2.24, 2.45) is 0 Å². The molecule has 2 aromatic carbocycles. The van der Waals surface area contributed by atoms with Crippen molar-refractivity contribution < 1.29 is 4.39 Å². The van der Waals surface area contributed by atoms with Crippen LogP contribution < -0.4 is 0 Å². The van der Waals surface area contributed by atoms with E-state index in [9.17, 15) is 4.39 Å². The highest BCUT2D eigenvalue weighted by Gasteiger charge is 2.40. The molecule has 2 atom stereocenters. The number of hydrogen-bond donors (Lipinski definition) is 0. The third-order valence-electron chi connectivity index (χ3n) is 6.32. The monoisotopic (exact) mass is 368 g/mol. The molecule has 0 N–H and O–H groups in total. The van der Waals surface area contributed by atoms with E-state index in [-0.39, 0.29) is 5.82 Å². The minimum absolute atomic E-state index is 0.174. The van der Waals surface area contributed by atoms with Crippen LogP contribution in [0.25, 0.3) is 10.9 Å². The van der Waals surface area contributed by atoms with Gasteiger partial charge in [-0.1, -0.05) is 23.7 Å². The van der Waals surface area contributed by atoms with Crippen LogP contribution in [0.2, 0.25) is 5.02 Å². The van der Waals surface area contributed by atoms with Crippen molar-refractivity contribution in [3.05, 3.63) is 70.1 Å². The van der Waals surface area contributed by atoms with Gasteiger partial charge in [-0.25, -0.2) is 4.39 Å². The zero-order valence-corrected chi connectivity index (χ0v) is 15.6. The van der Waals surface area contributed by atoms with Crippen molar-refractivity contribution in [1.29, 1.82) is 0 Å². The van der Waals surface area contributed by atoms with Gasteiger partial charge in [0.1, 0.15) is 5.82 Å². The molecule has 2 aliphatic heterocycles. The first-order valence-electron chi connectivity index (χ1n) is 9.38. The molecule has 2 aliphatic rings. The molecule has 0 radical (unpaired) electrons. The number of benzene rings is 2. The van der Waals surface area contributed by atoms with Crippen LogP contribution >= 0.6 is 11.6 Å². The number of halogens is 2. The van der Waals surface area contributed by atoms with Crippen LogP contribution in [0.1, 0.15) is 35.7 Å². The molecule has 2 bridgehead atoms. The van der Waals surface area contributed by atoms with Gasteiger partial charge in [0.15, 0.2) is 0 Å². The maximum Gasteiger partial charge on any atom is 0.123 e. The van der Waals surface area contributed by atoms with Crippen molar-refractivity contribution in [1.82, 2.24) is 9.47 Å². The first kappa shape index (κ1) is 16.3. The molecule has 1 aromatic heterocycles. The fraction of sp³-hybridized carbons (Fsp3) is 0.364. The Balaban J connectivity index is 1.59. The standard InChI is InChI=1S/C22H22ClFN2/c1-25-17-7-9-20(25)22-18-12-15(23)4-8-19(18)26(21(22)13-17)11-10-14-2-5-16(24)6-3-14/h2-6,8,12,17,20H,7,9-11,13H2,1H3. The summed E-state index contributed by atoms with van der Waals surface area (Å²) in [7, 11) is 2.26. The highest BCUT2D eigenvalue weighted by Crippen LogP contribution is 2.47. The van der Waals surface area contributed by atoms with Crippen LogP contribution in [-0.2, 0) is 19.4 Å². The van der Waals surface area contributed by atoms with Gasteiger partial charge < -0.3 is 4.57 Å². The highest BCUT2D eigenvalue weighted by atomic mass is 35.5. The molecule has 3 heterocycles. The van der Waals surface area contributed by atoms with Gasteiger partial charge in [0, 0.05) is 46.7 Å². The second kappa shape index (κ2) is 6.11. The van der Waals surface area contributed by atoms with Gasteiger partial charge in [0.05, 0.1) is 0 Å². The van der Waals surface area contributed by atoms with Crippen molar-refractivity contribution in [2.75, 3.05) is 7.05 Å². The lowest BCUT2D eigenvalue weighted by Gasteiger charge is -2.32. The molecular weight excluding hydrogens is 347 g/mol. The maximum absolute atomic E-state index is 13.2. The molecule has 5 rings (SSSR count). The van der Waals surface area contributed by atoms with Crippen LogP contribution in [0, 0.1) is 5.82 Å². The molecule has 26 heavy (non-hydrogen) atoms. The van der Waals surface area contributed by atoms with E-state index in [1.165, 1.54) is 40.6 Å². The number of likely N-dealkylation sites (N-methyl/N-ethyl adjacent to an activating group) is 1. The lowest BCUT2D eigenvalue weighted by atomic mass is 9.97. The van der Waals surface area contributed by atoms with E-state index in [2.05, 4.69) is 28.6 Å². The zero-order valence-electron chi connectivity index (χ0n) is 14.9. The van der Waals surface area contributed by atoms with Gasteiger partial charge in [-0.3, -0.25) is 4.90 Å². The number of aromatic nitrogens is 1. The van der Waals surface area contributed by atoms with E-state index in [0.29, 0.717) is 12.1 Å². The Bertz CT molecular complexity index is 976. The molecule has 0 saturated carbocycles. The normalized spacial score (nSPS) is 22.1. The van der Waals surface area contributed by atoms with Gasteiger partial charge in [0.2, 0.25) is 0 Å². The molecule has 2 unspecified atom stereocenters. The molecule has 134 valence electrons. The van der Waals surface area contributed by atoms with E-state index >= 15 is 0 Å². The second-order valence-electron chi connectivity index (χ2n) is 7.67. The van der Waals surface area contributed by atoms with Gasteiger partial charge in [0.25, 0.3) is 0 Å². The summed E-state index contributed by atoms with van der Waals surface area (Å²) in [6.07, 6.45) is 4.52. The minimum atomic E-state index is -0.174. The summed E-state index contributed by atoms with van der Waals surface area (Å²) >= 11 is 6.34. The molecular formula is C22H22ClFN2. The minimum Gasteiger partial charge on any atom is -0.344 e. The average Bonchev–Trinajstić information content (AvgIpc) is 3.04. The SMILES string of the molecule is CN1C2CCC1c1c(n(CCc3ccc(F)cc3)c3ccc(Cl)cc13)C2. The van der Waals surface area contributed by atoms with Crippen molar-refractivity contribution >= 4 is 22.5 Å². The van der Waals surface area contributed by atoms with E-state index in [1.807, 2.05) is 18.2 Å². The predicted octanol–water partition coefficient (Wildman–Crippen LogP) is 5.37. The number of aryl methyl sites for hydroxylation is 2. The van der Waals surface area contributed by atoms with Gasteiger partial charge in [-0.2, -0.15) is 0 Å². The molecule has 0 spiro atoms. The van der Waals surface area contributed by atoms with Crippen LogP contribution in [0.4, 0.5) is 4.39 Å². The fourth-order valence-corrected chi connectivity index (χ4v) is 5.15. The Hall–Kier alpha value is -1.84. The highest BCUT2D eigenvalue weighted by molar-refractivity contribution is 6.31. The van der Waals surface area contributed by atoms with E-state index in [4.69, 9.17) is 11.6 Å². The molecule has 2 nitrogen and oxygen atoms in total. The number of hydrogen-bond acceptors (Lipinski definition) is 1. The Morgan fingerprint density at radius 3 is 2.73 bits per heavy atom. The number of rotatable bonds is 3. The zero-order chi connectivity index (χ0) is 17.8. The molecule has 1 saturated heterocycles. The summed E-state index contributed by atoms with van der Waals surface area (Å²) in [6.45, 7) is 0.919. The van der Waals surface area contributed by atoms with E-state index in [0.717, 1.165) is 24.4 Å². The van der Waals surface area contributed by atoms with Gasteiger partial charge in [-0.15, -0.1) is 0 Å². The topological polar surface area (TPSA) is 8.17 Å². The fourth-order valence-electron chi connectivity index (χ4n) is 4.97.